The highest BCUT2D eigenvalue weighted by Crippen LogP contribution is 2.24. The van der Waals surface area contributed by atoms with Crippen LogP contribution in [0.5, 0.6) is 0 Å². The molecule has 1 aromatic rings. The van der Waals surface area contributed by atoms with Crippen molar-refractivity contribution < 1.29 is 4.92 Å². The molecule has 1 aromatic carbocycles. The van der Waals surface area contributed by atoms with Gasteiger partial charge < -0.3 is 10.6 Å². The third-order valence-corrected chi connectivity index (χ3v) is 3.25. The first kappa shape index (κ1) is 13.8. The lowest BCUT2D eigenvalue weighted by atomic mass is 10.2. The summed E-state index contributed by atoms with van der Waals surface area (Å²) in [6, 6.07) is 4.99. The monoisotopic (exact) mass is 255 g/mol. The van der Waals surface area contributed by atoms with Gasteiger partial charge in [0.25, 0.3) is 5.69 Å². The van der Waals surface area contributed by atoms with Crippen LogP contribution in [0.4, 0.5) is 11.4 Å². The van der Waals surface area contributed by atoms with E-state index in [0.717, 1.165) is 23.6 Å². The van der Waals surface area contributed by atoms with E-state index in [9.17, 15) is 10.1 Å². The SMILES string of the molecule is CN(C)CCSCc1ccc(N)c([N+](=O)[O-])c1. The first-order chi connectivity index (χ1) is 8.00. The maximum Gasteiger partial charge on any atom is 0.292 e. The molecule has 0 spiro atoms. The normalized spacial score (nSPS) is 10.8. The van der Waals surface area contributed by atoms with Gasteiger partial charge in [0.2, 0.25) is 0 Å². The minimum absolute atomic E-state index is 0.00397. The molecule has 0 saturated heterocycles. The molecule has 0 aliphatic carbocycles. The molecular formula is C11H17N3O2S. The zero-order valence-corrected chi connectivity index (χ0v) is 10.9. The summed E-state index contributed by atoms with van der Waals surface area (Å²) in [6.07, 6.45) is 0. The van der Waals surface area contributed by atoms with Crippen molar-refractivity contribution in [3.63, 3.8) is 0 Å². The zero-order chi connectivity index (χ0) is 12.8. The van der Waals surface area contributed by atoms with Gasteiger partial charge in [-0.2, -0.15) is 11.8 Å². The van der Waals surface area contributed by atoms with E-state index in [1.54, 1.807) is 23.9 Å². The summed E-state index contributed by atoms with van der Waals surface area (Å²) in [7, 11) is 4.04. The number of rotatable bonds is 6. The predicted molar refractivity (Wildman–Crippen MR) is 72.2 cm³/mol. The van der Waals surface area contributed by atoms with Gasteiger partial charge in [0.15, 0.2) is 0 Å². The van der Waals surface area contributed by atoms with E-state index in [1.165, 1.54) is 0 Å². The van der Waals surface area contributed by atoms with Gasteiger partial charge >= 0.3 is 0 Å². The van der Waals surface area contributed by atoms with Crippen LogP contribution in [0.2, 0.25) is 0 Å². The third kappa shape index (κ3) is 4.62. The Morgan fingerprint density at radius 1 is 1.47 bits per heavy atom. The van der Waals surface area contributed by atoms with Crippen LogP contribution in [0.3, 0.4) is 0 Å². The predicted octanol–water partition coefficient (Wildman–Crippen LogP) is 1.97. The number of benzene rings is 1. The maximum absolute atomic E-state index is 10.7. The number of nitrogens with zero attached hydrogens (tertiary/aromatic N) is 2. The lowest BCUT2D eigenvalue weighted by molar-refractivity contribution is -0.383. The molecular weight excluding hydrogens is 238 g/mol. The number of nitrogen functional groups attached to an aromatic ring is 1. The molecule has 0 unspecified atom stereocenters. The molecule has 0 bridgehead atoms. The summed E-state index contributed by atoms with van der Waals surface area (Å²) in [5.74, 6) is 1.78. The van der Waals surface area contributed by atoms with Crippen molar-refractivity contribution >= 4 is 23.1 Å². The lowest BCUT2D eigenvalue weighted by Crippen LogP contribution is -2.14. The second-order valence-corrected chi connectivity index (χ2v) is 5.11. The Balaban J connectivity index is 2.54. The van der Waals surface area contributed by atoms with Crippen molar-refractivity contribution in [1.82, 2.24) is 4.90 Å². The van der Waals surface area contributed by atoms with Crippen LogP contribution in [-0.2, 0) is 5.75 Å². The van der Waals surface area contributed by atoms with Crippen molar-refractivity contribution in [2.75, 3.05) is 32.1 Å². The molecule has 2 N–H and O–H groups in total. The molecule has 0 heterocycles. The van der Waals surface area contributed by atoms with Crippen molar-refractivity contribution in [3.05, 3.63) is 33.9 Å². The van der Waals surface area contributed by atoms with Crippen molar-refractivity contribution in [1.29, 1.82) is 0 Å². The standard InChI is InChI=1S/C11H17N3O2S/c1-13(2)5-6-17-8-9-3-4-10(12)11(7-9)14(15)16/h3-4,7H,5-6,8,12H2,1-2H3. The Bertz CT molecular complexity index is 396. The fraction of sp³-hybridized carbons (Fsp3) is 0.455. The number of hydrogen-bond acceptors (Lipinski definition) is 5. The van der Waals surface area contributed by atoms with Crippen LogP contribution in [0.1, 0.15) is 5.56 Å². The summed E-state index contributed by atoms with van der Waals surface area (Å²) in [4.78, 5) is 12.4. The third-order valence-electron chi connectivity index (χ3n) is 2.24. The minimum Gasteiger partial charge on any atom is -0.393 e. The van der Waals surface area contributed by atoms with Crippen molar-refractivity contribution in [2.24, 2.45) is 0 Å². The molecule has 0 radical (unpaired) electrons. The molecule has 6 heteroatoms. The van der Waals surface area contributed by atoms with E-state index >= 15 is 0 Å². The summed E-state index contributed by atoms with van der Waals surface area (Å²) in [6.45, 7) is 1.00. The van der Waals surface area contributed by atoms with Crippen LogP contribution < -0.4 is 5.73 Å². The Labute approximate surface area is 105 Å². The fourth-order valence-electron chi connectivity index (χ4n) is 1.27. The van der Waals surface area contributed by atoms with Gasteiger partial charge in [-0.25, -0.2) is 0 Å². The first-order valence-electron chi connectivity index (χ1n) is 5.26. The number of nitrogens with two attached hydrogens (primary N) is 1. The van der Waals surface area contributed by atoms with E-state index in [0.29, 0.717) is 0 Å². The Kier molecular flexibility index (Phi) is 5.24. The Morgan fingerprint density at radius 3 is 2.76 bits per heavy atom. The number of nitro groups is 1. The maximum atomic E-state index is 10.7. The average Bonchev–Trinajstić information content (AvgIpc) is 2.25. The fourth-order valence-corrected chi connectivity index (χ4v) is 2.33. The van der Waals surface area contributed by atoms with E-state index in [2.05, 4.69) is 4.90 Å². The van der Waals surface area contributed by atoms with Gasteiger partial charge in [0, 0.05) is 24.1 Å². The summed E-state index contributed by atoms with van der Waals surface area (Å²) >= 11 is 1.76. The molecule has 0 aromatic heterocycles. The van der Waals surface area contributed by atoms with Gasteiger partial charge in [-0.1, -0.05) is 6.07 Å². The smallest absolute Gasteiger partial charge is 0.292 e. The lowest BCUT2D eigenvalue weighted by Gasteiger charge is -2.08. The molecule has 0 aliphatic heterocycles. The summed E-state index contributed by atoms with van der Waals surface area (Å²) in [5, 5.41) is 10.7. The van der Waals surface area contributed by atoms with E-state index < -0.39 is 4.92 Å². The topological polar surface area (TPSA) is 72.4 Å². The number of hydrogen-bond donors (Lipinski definition) is 1. The van der Waals surface area contributed by atoms with Crippen molar-refractivity contribution in [3.8, 4) is 0 Å². The van der Waals surface area contributed by atoms with Crippen LogP contribution >= 0.6 is 11.8 Å². The highest BCUT2D eigenvalue weighted by molar-refractivity contribution is 7.98. The molecule has 17 heavy (non-hydrogen) atoms. The molecule has 94 valence electrons. The van der Waals surface area contributed by atoms with E-state index in [4.69, 9.17) is 5.73 Å². The zero-order valence-electron chi connectivity index (χ0n) is 10.0. The van der Waals surface area contributed by atoms with Crippen LogP contribution in [-0.4, -0.2) is 36.2 Å². The molecule has 0 amide bonds. The van der Waals surface area contributed by atoms with Gasteiger partial charge in [-0.3, -0.25) is 10.1 Å². The van der Waals surface area contributed by atoms with Gasteiger partial charge in [-0.15, -0.1) is 0 Å². The first-order valence-corrected chi connectivity index (χ1v) is 6.41. The minimum atomic E-state index is -0.441. The molecule has 0 saturated carbocycles. The molecule has 1 rings (SSSR count). The largest absolute Gasteiger partial charge is 0.393 e. The quantitative estimate of drug-likeness (QED) is 0.364. The average molecular weight is 255 g/mol. The second kappa shape index (κ2) is 6.46. The molecule has 0 fully saturated rings. The number of thioether (sulfide) groups is 1. The van der Waals surface area contributed by atoms with E-state index in [-0.39, 0.29) is 11.4 Å². The van der Waals surface area contributed by atoms with Gasteiger partial charge in [-0.05, 0) is 25.7 Å². The van der Waals surface area contributed by atoms with Crippen LogP contribution in [0.15, 0.2) is 18.2 Å². The van der Waals surface area contributed by atoms with Gasteiger partial charge in [0.05, 0.1) is 4.92 Å². The highest BCUT2D eigenvalue weighted by Gasteiger charge is 2.11. The summed E-state index contributed by atoms with van der Waals surface area (Å²) in [5.41, 5.74) is 6.68. The van der Waals surface area contributed by atoms with Crippen molar-refractivity contribution in [2.45, 2.75) is 5.75 Å². The second-order valence-electron chi connectivity index (χ2n) is 4.01. The van der Waals surface area contributed by atoms with Crippen LogP contribution in [0.25, 0.3) is 0 Å². The highest BCUT2D eigenvalue weighted by atomic mass is 32.2. The molecule has 0 aliphatic rings. The van der Waals surface area contributed by atoms with Gasteiger partial charge in [0.1, 0.15) is 5.69 Å². The molecule has 5 nitrogen and oxygen atoms in total. The summed E-state index contributed by atoms with van der Waals surface area (Å²) < 4.78 is 0. The number of anilines is 1. The van der Waals surface area contributed by atoms with E-state index in [1.807, 2.05) is 20.2 Å². The van der Waals surface area contributed by atoms with Crippen LogP contribution in [0, 0.1) is 10.1 Å². The Hall–Kier alpha value is -1.27. The number of nitro benzene ring substituents is 1. The Morgan fingerprint density at radius 2 is 2.18 bits per heavy atom. The molecule has 0 atom stereocenters.